The van der Waals surface area contributed by atoms with E-state index in [0.29, 0.717) is 0 Å². The van der Waals surface area contributed by atoms with Crippen LogP contribution in [0, 0.1) is 5.41 Å². The van der Waals surface area contributed by atoms with E-state index < -0.39 is 5.54 Å². The van der Waals surface area contributed by atoms with Crippen molar-refractivity contribution in [2.75, 3.05) is 6.61 Å². The second-order valence-electron chi connectivity index (χ2n) is 2.47. The maximum Gasteiger partial charge on any atom is 0.166 e. The number of nitrogens with one attached hydrogen (secondary N) is 2. The molecule has 0 fully saturated rings. The van der Waals surface area contributed by atoms with Crippen LogP contribution in [0.1, 0.15) is 6.92 Å². The predicted molar refractivity (Wildman–Crippen MR) is 38.0 cm³/mol. The van der Waals surface area contributed by atoms with E-state index in [0.717, 1.165) is 0 Å². The summed E-state index contributed by atoms with van der Waals surface area (Å²) in [6, 6.07) is 0. The van der Waals surface area contributed by atoms with Gasteiger partial charge in [-0.1, -0.05) is 0 Å². The molecule has 0 saturated heterocycles. The highest BCUT2D eigenvalue weighted by Gasteiger charge is 2.35. The molecule has 0 saturated carbocycles. The van der Waals surface area contributed by atoms with Crippen molar-refractivity contribution in [2.24, 2.45) is 10.8 Å². The van der Waals surface area contributed by atoms with Crippen LogP contribution in [0.5, 0.6) is 0 Å². The highest BCUT2D eigenvalue weighted by molar-refractivity contribution is 6.44. The number of amidine groups is 1. The number of nitrogens with zero attached hydrogens (tertiary/aromatic N) is 1. The molecular formula is C5H10N4O. The lowest BCUT2D eigenvalue weighted by Crippen LogP contribution is -2.48. The molecule has 0 spiro atoms. The fourth-order valence-electron chi connectivity index (χ4n) is 0.692. The van der Waals surface area contributed by atoms with E-state index in [1.165, 1.54) is 0 Å². The highest BCUT2D eigenvalue weighted by atomic mass is 16.3. The number of hydrazone groups is 1. The Hall–Kier alpha value is -1.10. The van der Waals surface area contributed by atoms with E-state index >= 15 is 0 Å². The van der Waals surface area contributed by atoms with E-state index in [2.05, 4.69) is 10.5 Å². The van der Waals surface area contributed by atoms with Gasteiger partial charge >= 0.3 is 0 Å². The minimum absolute atomic E-state index is 0.148. The Morgan fingerprint density at radius 3 is 2.70 bits per heavy atom. The molecule has 10 heavy (non-hydrogen) atoms. The van der Waals surface area contributed by atoms with Crippen LogP contribution in [-0.4, -0.2) is 28.8 Å². The van der Waals surface area contributed by atoms with Gasteiger partial charge in [-0.25, -0.2) is 0 Å². The second-order valence-corrected chi connectivity index (χ2v) is 2.47. The summed E-state index contributed by atoms with van der Waals surface area (Å²) < 4.78 is 0. The van der Waals surface area contributed by atoms with E-state index in [1.807, 2.05) is 0 Å². The summed E-state index contributed by atoms with van der Waals surface area (Å²) >= 11 is 0. The predicted octanol–water partition coefficient (Wildman–Crippen LogP) is -1.37. The first-order valence-electron chi connectivity index (χ1n) is 2.91. The first-order chi connectivity index (χ1) is 4.60. The lowest BCUT2D eigenvalue weighted by atomic mass is 9.99. The van der Waals surface area contributed by atoms with Crippen molar-refractivity contribution in [3.63, 3.8) is 0 Å². The smallest absolute Gasteiger partial charge is 0.166 e. The largest absolute Gasteiger partial charge is 0.393 e. The minimum atomic E-state index is -0.774. The summed E-state index contributed by atoms with van der Waals surface area (Å²) in [5.74, 6) is 0.150. The number of rotatable bonds is 1. The Morgan fingerprint density at radius 1 is 1.90 bits per heavy atom. The summed E-state index contributed by atoms with van der Waals surface area (Å²) in [6.07, 6.45) is 0. The quantitative estimate of drug-likeness (QED) is 0.364. The van der Waals surface area contributed by atoms with E-state index in [9.17, 15) is 0 Å². The summed E-state index contributed by atoms with van der Waals surface area (Å²) in [6.45, 7) is 1.49. The fraction of sp³-hybridized carbons (Fsp3) is 0.600. The van der Waals surface area contributed by atoms with Crippen LogP contribution in [0.2, 0.25) is 0 Å². The molecule has 0 radical (unpaired) electrons. The third-order valence-corrected chi connectivity index (χ3v) is 1.55. The molecule has 1 atom stereocenters. The number of nitrogens with two attached hydrogens (primary N) is 1. The number of hydrogen-bond acceptors (Lipinski definition) is 5. The molecule has 0 aromatic heterocycles. The van der Waals surface area contributed by atoms with Crippen LogP contribution in [0.4, 0.5) is 0 Å². The van der Waals surface area contributed by atoms with Crippen LogP contribution in [0.3, 0.4) is 0 Å². The molecule has 1 rings (SSSR count). The van der Waals surface area contributed by atoms with E-state index in [1.54, 1.807) is 6.92 Å². The monoisotopic (exact) mass is 142 g/mol. The van der Waals surface area contributed by atoms with Gasteiger partial charge in [-0.3, -0.25) is 10.8 Å². The molecule has 1 unspecified atom stereocenters. The molecule has 0 aliphatic carbocycles. The maximum atomic E-state index is 8.78. The molecule has 5 N–H and O–H groups in total. The zero-order valence-electron chi connectivity index (χ0n) is 5.68. The summed E-state index contributed by atoms with van der Waals surface area (Å²) in [5.41, 5.74) is 7.23. The van der Waals surface area contributed by atoms with E-state index in [4.69, 9.17) is 16.2 Å². The first kappa shape index (κ1) is 7.01. The Bertz CT molecular complexity index is 200. The van der Waals surface area contributed by atoms with Crippen LogP contribution < -0.4 is 11.2 Å². The normalized spacial score (nSPS) is 31.8. The molecule has 1 heterocycles. The van der Waals surface area contributed by atoms with Gasteiger partial charge in [0.1, 0.15) is 11.3 Å². The molecule has 5 heteroatoms. The molecule has 56 valence electrons. The van der Waals surface area contributed by atoms with Crippen molar-refractivity contribution in [2.45, 2.75) is 12.5 Å². The van der Waals surface area contributed by atoms with Crippen molar-refractivity contribution in [1.29, 1.82) is 5.41 Å². The van der Waals surface area contributed by atoms with Gasteiger partial charge in [-0.2, -0.15) is 5.10 Å². The molecule has 0 bridgehead atoms. The van der Waals surface area contributed by atoms with Gasteiger partial charge < -0.3 is 10.8 Å². The Kier molecular flexibility index (Phi) is 1.37. The van der Waals surface area contributed by atoms with Gasteiger partial charge in [-0.15, -0.1) is 0 Å². The van der Waals surface area contributed by atoms with Crippen LogP contribution >= 0.6 is 0 Å². The lowest BCUT2D eigenvalue weighted by molar-refractivity contribution is 0.227. The Balaban J connectivity index is 2.82. The van der Waals surface area contributed by atoms with Crippen molar-refractivity contribution in [3.8, 4) is 0 Å². The van der Waals surface area contributed by atoms with Crippen molar-refractivity contribution >= 4 is 11.5 Å². The molecular weight excluding hydrogens is 132 g/mol. The molecule has 1 aliphatic rings. The fourth-order valence-corrected chi connectivity index (χ4v) is 0.692. The molecule has 0 amide bonds. The average molecular weight is 142 g/mol. The molecule has 0 aromatic carbocycles. The third-order valence-electron chi connectivity index (χ3n) is 1.55. The standard InChI is InChI=1S/C5H10N4O/c1-5(2-10)3(6)4(7)8-9-5/h6,9-10H,2H2,1H3,(H2,7,8). The zero-order chi connectivity index (χ0) is 7.78. The molecule has 0 aromatic rings. The van der Waals surface area contributed by atoms with Gasteiger partial charge in [-0.05, 0) is 6.92 Å². The SMILES string of the molecule is CC1(CO)NN=C(N)C1=N. The van der Waals surface area contributed by atoms with Crippen molar-refractivity contribution < 1.29 is 5.11 Å². The van der Waals surface area contributed by atoms with Crippen LogP contribution in [0.15, 0.2) is 5.10 Å². The Labute approximate surface area is 58.4 Å². The number of aliphatic hydroxyl groups excluding tert-OH is 1. The summed E-state index contributed by atoms with van der Waals surface area (Å²) in [5, 5.41) is 19.7. The van der Waals surface area contributed by atoms with Crippen LogP contribution in [0.25, 0.3) is 0 Å². The van der Waals surface area contributed by atoms with Gasteiger partial charge in [0.2, 0.25) is 0 Å². The van der Waals surface area contributed by atoms with E-state index in [-0.39, 0.29) is 18.2 Å². The highest BCUT2D eigenvalue weighted by Crippen LogP contribution is 2.09. The number of hydrogen-bond donors (Lipinski definition) is 4. The second kappa shape index (κ2) is 1.95. The zero-order valence-corrected chi connectivity index (χ0v) is 5.68. The van der Waals surface area contributed by atoms with Crippen molar-refractivity contribution in [1.82, 2.24) is 5.43 Å². The summed E-state index contributed by atoms with van der Waals surface area (Å²) in [4.78, 5) is 0. The minimum Gasteiger partial charge on any atom is -0.393 e. The van der Waals surface area contributed by atoms with Gasteiger partial charge in [0.15, 0.2) is 5.84 Å². The van der Waals surface area contributed by atoms with Crippen molar-refractivity contribution in [3.05, 3.63) is 0 Å². The first-order valence-corrected chi connectivity index (χ1v) is 2.91. The average Bonchev–Trinajstić information content (AvgIpc) is 2.19. The molecule has 5 nitrogen and oxygen atoms in total. The lowest BCUT2D eigenvalue weighted by Gasteiger charge is -2.19. The van der Waals surface area contributed by atoms with Gasteiger partial charge in [0.25, 0.3) is 0 Å². The van der Waals surface area contributed by atoms with Gasteiger partial charge in [0, 0.05) is 0 Å². The Morgan fingerprint density at radius 2 is 2.50 bits per heavy atom. The van der Waals surface area contributed by atoms with Gasteiger partial charge in [0.05, 0.1) is 6.61 Å². The summed E-state index contributed by atoms with van der Waals surface area (Å²) in [7, 11) is 0. The number of aliphatic hydroxyl groups is 1. The maximum absolute atomic E-state index is 8.78. The third kappa shape index (κ3) is 0.750. The molecule has 1 aliphatic heterocycles. The topological polar surface area (TPSA) is 94.5 Å². The van der Waals surface area contributed by atoms with Crippen LogP contribution in [-0.2, 0) is 0 Å².